The molecule has 0 radical (unpaired) electrons. The van der Waals surface area contributed by atoms with E-state index in [0.29, 0.717) is 11.5 Å². The lowest BCUT2D eigenvalue weighted by Crippen LogP contribution is -2.25. The van der Waals surface area contributed by atoms with Crippen molar-refractivity contribution in [1.29, 1.82) is 0 Å². The highest BCUT2D eigenvalue weighted by Crippen LogP contribution is 2.41. The van der Waals surface area contributed by atoms with Gasteiger partial charge in [-0.15, -0.1) is 0 Å². The van der Waals surface area contributed by atoms with Crippen LogP contribution < -0.4 is 14.8 Å². The average molecular weight is 315 g/mol. The first-order chi connectivity index (χ1) is 10.9. The van der Waals surface area contributed by atoms with Crippen LogP contribution in [0.15, 0.2) is 42.5 Å². The number of benzene rings is 2. The number of hydrogen-bond acceptors (Lipinski definition) is 3. The van der Waals surface area contributed by atoms with Crippen molar-refractivity contribution in [2.75, 3.05) is 11.9 Å². The van der Waals surface area contributed by atoms with Gasteiger partial charge in [0.25, 0.3) is 5.91 Å². The summed E-state index contributed by atoms with van der Waals surface area (Å²) in [6, 6.07) is 11.6. The zero-order chi connectivity index (χ0) is 16.4. The highest BCUT2D eigenvalue weighted by molar-refractivity contribution is 5.92. The van der Waals surface area contributed by atoms with Crippen molar-refractivity contribution >= 4 is 11.6 Å². The number of anilines is 1. The van der Waals surface area contributed by atoms with Gasteiger partial charge in [0.05, 0.1) is 5.69 Å². The van der Waals surface area contributed by atoms with Crippen molar-refractivity contribution in [3.63, 3.8) is 0 Å². The third-order valence-electron chi connectivity index (χ3n) is 3.56. The van der Waals surface area contributed by atoms with Crippen LogP contribution in [-0.4, -0.2) is 18.1 Å². The molecule has 23 heavy (non-hydrogen) atoms. The molecule has 2 aromatic carbocycles. The SMILES string of the molecule is CC1(C)Cc2cccc(OCC(=O)Nc3ccccc3F)c2O1. The fraction of sp³-hybridized carbons (Fsp3) is 0.278. The molecule has 1 heterocycles. The lowest BCUT2D eigenvalue weighted by Gasteiger charge is -2.18. The minimum Gasteiger partial charge on any atom is -0.483 e. The van der Waals surface area contributed by atoms with Crippen LogP contribution in [0.1, 0.15) is 19.4 Å². The maximum atomic E-state index is 13.5. The Morgan fingerprint density at radius 2 is 2.04 bits per heavy atom. The predicted molar refractivity (Wildman–Crippen MR) is 85.4 cm³/mol. The van der Waals surface area contributed by atoms with E-state index in [1.807, 2.05) is 26.0 Å². The Hall–Kier alpha value is -2.56. The Morgan fingerprint density at radius 3 is 2.83 bits per heavy atom. The molecule has 0 saturated carbocycles. The number of nitrogens with one attached hydrogen (secondary N) is 1. The van der Waals surface area contributed by atoms with Gasteiger partial charge in [-0.05, 0) is 32.0 Å². The first-order valence-corrected chi connectivity index (χ1v) is 7.43. The normalized spacial score (nSPS) is 14.7. The van der Waals surface area contributed by atoms with E-state index in [2.05, 4.69) is 5.32 Å². The number of carbonyl (C=O) groups excluding carboxylic acids is 1. The van der Waals surface area contributed by atoms with Crippen LogP contribution in [0.2, 0.25) is 0 Å². The monoisotopic (exact) mass is 315 g/mol. The smallest absolute Gasteiger partial charge is 0.262 e. The highest BCUT2D eigenvalue weighted by Gasteiger charge is 2.32. The molecule has 2 aromatic rings. The van der Waals surface area contributed by atoms with Crippen LogP contribution in [0.5, 0.6) is 11.5 Å². The number of halogens is 1. The third-order valence-corrected chi connectivity index (χ3v) is 3.56. The van der Waals surface area contributed by atoms with E-state index in [4.69, 9.17) is 9.47 Å². The molecule has 1 aliphatic heterocycles. The largest absolute Gasteiger partial charge is 0.483 e. The van der Waals surface area contributed by atoms with E-state index in [-0.39, 0.29) is 17.9 Å². The Morgan fingerprint density at radius 1 is 1.26 bits per heavy atom. The summed E-state index contributed by atoms with van der Waals surface area (Å²) in [5.74, 6) is 0.296. The number of para-hydroxylation sites is 2. The lowest BCUT2D eigenvalue weighted by atomic mass is 10.0. The molecule has 0 unspecified atom stereocenters. The molecule has 0 aliphatic carbocycles. The summed E-state index contributed by atoms with van der Waals surface area (Å²) in [5, 5.41) is 2.48. The third kappa shape index (κ3) is 3.44. The van der Waals surface area contributed by atoms with Crippen molar-refractivity contribution in [3.05, 3.63) is 53.8 Å². The van der Waals surface area contributed by atoms with Crippen LogP contribution in [0.4, 0.5) is 10.1 Å². The molecule has 0 fully saturated rings. The van der Waals surface area contributed by atoms with Gasteiger partial charge in [-0.3, -0.25) is 4.79 Å². The number of ether oxygens (including phenoxy) is 2. The highest BCUT2D eigenvalue weighted by atomic mass is 19.1. The molecule has 4 nitrogen and oxygen atoms in total. The standard InChI is InChI=1S/C18H18FNO3/c1-18(2)10-12-6-5-9-15(17(12)23-18)22-11-16(21)20-14-8-4-3-7-13(14)19/h3-9H,10-11H2,1-2H3,(H,20,21). The van der Waals surface area contributed by atoms with E-state index in [1.54, 1.807) is 18.2 Å². The molecule has 0 saturated heterocycles. The number of fused-ring (bicyclic) bond motifs is 1. The molecule has 1 aliphatic rings. The second-order valence-electron chi connectivity index (χ2n) is 6.10. The fourth-order valence-electron chi connectivity index (χ4n) is 2.59. The number of amides is 1. The Balaban J connectivity index is 1.65. The van der Waals surface area contributed by atoms with E-state index in [1.165, 1.54) is 12.1 Å². The average Bonchev–Trinajstić information content (AvgIpc) is 2.82. The van der Waals surface area contributed by atoms with E-state index in [0.717, 1.165) is 12.0 Å². The quantitative estimate of drug-likeness (QED) is 0.938. The van der Waals surface area contributed by atoms with Gasteiger partial charge in [-0.1, -0.05) is 24.3 Å². The van der Waals surface area contributed by atoms with Crippen molar-refractivity contribution < 1.29 is 18.7 Å². The van der Waals surface area contributed by atoms with Crippen molar-refractivity contribution in [3.8, 4) is 11.5 Å². The number of rotatable bonds is 4. The summed E-state index contributed by atoms with van der Waals surface area (Å²) in [6.45, 7) is 3.79. The van der Waals surface area contributed by atoms with E-state index >= 15 is 0 Å². The van der Waals surface area contributed by atoms with Gasteiger partial charge in [-0.2, -0.15) is 0 Å². The van der Waals surface area contributed by atoms with Crippen molar-refractivity contribution in [2.45, 2.75) is 25.9 Å². The summed E-state index contributed by atoms with van der Waals surface area (Å²) in [7, 11) is 0. The Labute approximate surface area is 134 Å². The molecular formula is C18H18FNO3. The molecule has 0 atom stereocenters. The zero-order valence-corrected chi connectivity index (χ0v) is 13.1. The van der Waals surface area contributed by atoms with Gasteiger partial charge in [0.2, 0.25) is 0 Å². The first kappa shape index (κ1) is 15.3. The van der Waals surface area contributed by atoms with E-state index in [9.17, 15) is 9.18 Å². The van der Waals surface area contributed by atoms with Gasteiger partial charge in [-0.25, -0.2) is 4.39 Å². The number of hydrogen-bond donors (Lipinski definition) is 1. The van der Waals surface area contributed by atoms with Gasteiger partial charge in [0.1, 0.15) is 11.4 Å². The molecule has 5 heteroatoms. The van der Waals surface area contributed by atoms with Crippen LogP contribution in [0, 0.1) is 5.82 Å². The molecule has 120 valence electrons. The van der Waals surface area contributed by atoms with Crippen LogP contribution in [0.3, 0.4) is 0 Å². The molecule has 0 bridgehead atoms. The minimum absolute atomic E-state index is 0.136. The first-order valence-electron chi connectivity index (χ1n) is 7.43. The summed E-state index contributed by atoms with van der Waals surface area (Å²) >= 11 is 0. The van der Waals surface area contributed by atoms with E-state index < -0.39 is 11.7 Å². The fourth-order valence-corrected chi connectivity index (χ4v) is 2.59. The maximum absolute atomic E-state index is 13.5. The Kier molecular flexibility index (Phi) is 3.94. The van der Waals surface area contributed by atoms with Crippen LogP contribution in [0.25, 0.3) is 0 Å². The zero-order valence-electron chi connectivity index (χ0n) is 13.1. The molecule has 0 spiro atoms. The minimum atomic E-state index is -0.480. The van der Waals surface area contributed by atoms with Gasteiger partial charge in [0, 0.05) is 12.0 Å². The predicted octanol–water partition coefficient (Wildman–Crippen LogP) is 3.56. The molecular weight excluding hydrogens is 297 g/mol. The second kappa shape index (κ2) is 5.91. The molecule has 0 aromatic heterocycles. The lowest BCUT2D eigenvalue weighted by molar-refractivity contribution is -0.118. The summed E-state index contributed by atoms with van der Waals surface area (Å²) in [5.41, 5.74) is 0.913. The van der Waals surface area contributed by atoms with Crippen molar-refractivity contribution in [1.82, 2.24) is 0 Å². The van der Waals surface area contributed by atoms with Crippen molar-refractivity contribution in [2.24, 2.45) is 0 Å². The Bertz CT molecular complexity index is 743. The van der Waals surface area contributed by atoms with Crippen LogP contribution >= 0.6 is 0 Å². The molecule has 1 N–H and O–H groups in total. The topological polar surface area (TPSA) is 47.6 Å². The summed E-state index contributed by atoms with van der Waals surface area (Å²) in [6.07, 6.45) is 0.793. The summed E-state index contributed by atoms with van der Waals surface area (Å²) < 4.78 is 24.9. The van der Waals surface area contributed by atoms with Crippen LogP contribution in [-0.2, 0) is 11.2 Å². The maximum Gasteiger partial charge on any atom is 0.262 e. The summed E-state index contributed by atoms with van der Waals surface area (Å²) in [4.78, 5) is 11.9. The molecule has 1 amide bonds. The van der Waals surface area contributed by atoms with Gasteiger partial charge >= 0.3 is 0 Å². The van der Waals surface area contributed by atoms with Gasteiger partial charge in [0.15, 0.2) is 18.1 Å². The number of carbonyl (C=O) groups is 1. The second-order valence-corrected chi connectivity index (χ2v) is 6.10. The van der Waals surface area contributed by atoms with Gasteiger partial charge < -0.3 is 14.8 Å². The molecule has 3 rings (SSSR count).